The largest absolute Gasteiger partial charge is 0.483 e. The number of carbonyl (C=O) groups is 1. The Morgan fingerprint density at radius 3 is 2.57 bits per heavy atom. The SMILES string of the molecule is Cc1ccc(C)c(OCC(=O)Nc2ccc(Cl)c(Cl)c2)c1. The van der Waals surface area contributed by atoms with Crippen LogP contribution >= 0.6 is 23.2 Å². The molecule has 0 spiro atoms. The summed E-state index contributed by atoms with van der Waals surface area (Å²) in [4.78, 5) is 11.9. The molecule has 2 aromatic rings. The van der Waals surface area contributed by atoms with Crippen LogP contribution in [0.4, 0.5) is 5.69 Å². The fraction of sp³-hybridized carbons (Fsp3) is 0.188. The molecule has 3 nitrogen and oxygen atoms in total. The predicted octanol–water partition coefficient (Wildman–Crippen LogP) is 4.63. The van der Waals surface area contributed by atoms with Crippen molar-refractivity contribution in [3.8, 4) is 5.75 Å². The Hall–Kier alpha value is -1.71. The number of carbonyl (C=O) groups excluding carboxylic acids is 1. The Balaban J connectivity index is 1.95. The lowest BCUT2D eigenvalue weighted by Crippen LogP contribution is -2.20. The van der Waals surface area contributed by atoms with Gasteiger partial charge in [0.25, 0.3) is 5.91 Å². The van der Waals surface area contributed by atoms with E-state index in [2.05, 4.69) is 5.32 Å². The average Bonchev–Trinajstić information content (AvgIpc) is 2.44. The fourth-order valence-corrected chi connectivity index (χ4v) is 2.08. The normalized spacial score (nSPS) is 10.3. The zero-order valence-corrected chi connectivity index (χ0v) is 13.3. The number of aryl methyl sites for hydroxylation is 2. The van der Waals surface area contributed by atoms with Gasteiger partial charge in [0.05, 0.1) is 10.0 Å². The highest BCUT2D eigenvalue weighted by Crippen LogP contribution is 2.25. The van der Waals surface area contributed by atoms with E-state index in [-0.39, 0.29) is 12.5 Å². The molecule has 0 unspecified atom stereocenters. The second-order valence-corrected chi connectivity index (χ2v) is 5.55. The number of ether oxygens (including phenoxy) is 1. The monoisotopic (exact) mass is 323 g/mol. The van der Waals surface area contributed by atoms with Crippen LogP contribution in [0.15, 0.2) is 36.4 Å². The molecule has 0 saturated heterocycles. The van der Waals surface area contributed by atoms with Gasteiger partial charge in [-0.2, -0.15) is 0 Å². The number of halogens is 2. The first-order chi connectivity index (χ1) is 9.95. The predicted molar refractivity (Wildman–Crippen MR) is 86.5 cm³/mol. The average molecular weight is 324 g/mol. The summed E-state index contributed by atoms with van der Waals surface area (Å²) in [7, 11) is 0. The number of nitrogens with one attached hydrogen (secondary N) is 1. The fourth-order valence-electron chi connectivity index (χ4n) is 1.78. The van der Waals surface area contributed by atoms with Crippen LogP contribution in [0.5, 0.6) is 5.75 Å². The molecule has 0 aliphatic heterocycles. The van der Waals surface area contributed by atoms with Gasteiger partial charge in [0.2, 0.25) is 0 Å². The maximum absolute atomic E-state index is 11.9. The highest BCUT2D eigenvalue weighted by molar-refractivity contribution is 6.42. The summed E-state index contributed by atoms with van der Waals surface area (Å²) in [5.74, 6) is 0.452. The van der Waals surface area contributed by atoms with Gasteiger partial charge < -0.3 is 10.1 Å². The minimum Gasteiger partial charge on any atom is -0.483 e. The van der Waals surface area contributed by atoms with E-state index in [0.29, 0.717) is 21.5 Å². The third-order valence-corrected chi connectivity index (χ3v) is 3.64. The third-order valence-electron chi connectivity index (χ3n) is 2.91. The number of anilines is 1. The summed E-state index contributed by atoms with van der Waals surface area (Å²) >= 11 is 11.7. The second-order valence-electron chi connectivity index (χ2n) is 4.73. The van der Waals surface area contributed by atoms with Crippen molar-refractivity contribution in [3.63, 3.8) is 0 Å². The molecule has 2 aromatic carbocycles. The lowest BCUT2D eigenvalue weighted by atomic mass is 10.1. The Labute approximate surface area is 133 Å². The molecule has 0 heterocycles. The van der Waals surface area contributed by atoms with Crippen molar-refractivity contribution >= 4 is 34.8 Å². The highest BCUT2D eigenvalue weighted by Gasteiger charge is 2.07. The molecule has 0 radical (unpaired) electrons. The van der Waals surface area contributed by atoms with E-state index in [4.69, 9.17) is 27.9 Å². The van der Waals surface area contributed by atoms with E-state index >= 15 is 0 Å². The molecule has 0 fully saturated rings. The van der Waals surface area contributed by atoms with Gasteiger partial charge in [0.15, 0.2) is 6.61 Å². The van der Waals surface area contributed by atoms with E-state index in [0.717, 1.165) is 11.1 Å². The lowest BCUT2D eigenvalue weighted by Gasteiger charge is -2.10. The first-order valence-corrected chi connectivity index (χ1v) is 7.16. The zero-order valence-electron chi connectivity index (χ0n) is 11.7. The van der Waals surface area contributed by atoms with Gasteiger partial charge in [-0.1, -0.05) is 35.3 Å². The van der Waals surface area contributed by atoms with E-state index in [1.807, 2.05) is 32.0 Å². The molecular weight excluding hydrogens is 309 g/mol. The van der Waals surface area contributed by atoms with Crippen molar-refractivity contribution in [2.45, 2.75) is 13.8 Å². The summed E-state index contributed by atoms with van der Waals surface area (Å²) in [5.41, 5.74) is 2.65. The molecule has 0 atom stereocenters. The van der Waals surface area contributed by atoms with Crippen LogP contribution in [-0.2, 0) is 4.79 Å². The molecule has 0 aliphatic carbocycles. The van der Waals surface area contributed by atoms with Crippen molar-refractivity contribution in [3.05, 3.63) is 57.6 Å². The van der Waals surface area contributed by atoms with Crippen molar-refractivity contribution in [1.82, 2.24) is 0 Å². The zero-order chi connectivity index (χ0) is 15.4. The Bertz CT molecular complexity index is 671. The summed E-state index contributed by atoms with van der Waals surface area (Å²) < 4.78 is 5.53. The number of hydrogen-bond donors (Lipinski definition) is 1. The van der Waals surface area contributed by atoms with Crippen LogP contribution in [0.1, 0.15) is 11.1 Å². The summed E-state index contributed by atoms with van der Waals surface area (Å²) in [5, 5.41) is 3.55. The van der Waals surface area contributed by atoms with Crippen LogP contribution in [0, 0.1) is 13.8 Å². The maximum Gasteiger partial charge on any atom is 0.262 e. The summed E-state index contributed by atoms with van der Waals surface area (Å²) in [6, 6.07) is 10.8. The molecule has 1 amide bonds. The molecule has 21 heavy (non-hydrogen) atoms. The van der Waals surface area contributed by atoms with Gasteiger partial charge in [-0.25, -0.2) is 0 Å². The molecule has 2 rings (SSSR count). The molecule has 1 N–H and O–H groups in total. The molecule has 0 aromatic heterocycles. The van der Waals surface area contributed by atoms with Gasteiger partial charge in [0.1, 0.15) is 5.75 Å². The molecule has 5 heteroatoms. The van der Waals surface area contributed by atoms with E-state index < -0.39 is 0 Å². The highest BCUT2D eigenvalue weighted by atomic mass is 35.5. The standard InChI is InChI=1S/C16H15Cl2NO2/c1-10-3-4-11(2)15(7-10)21-9-16(20)19-12-5-6-13(17)14(18)8-12/h3-8H,9H2,1-2H3,(H,19,20). The number of amides is 1. The van der Waals surface area contributed by atoms with Crippen LogP contribution in [-0.4, -0.2) is 12.5 Å². The second kappa shape index (κ2) is 6.83. The topological polar surface area (TPSA) is 38.3 Å². The van der Waals surface area contributed by atoms with Crippen molar-refractivity contribution in [1.29, 1.82) is 0 Å². The van der Waals surface area contributed by atoms with Crippen LogP contribution in [0.2, 0.25) is 10.0 Å². The van der Waals surface area contributed by atoms with E-state index in [9.17, 15) is 4.79 Å². The van der Waals surface area contributed by atoms with Gasteiger partial charge in [-0.05, 0) is 49.2 Å². The molecule has 0 aliphatic rings. The quantitative estimate of drug-likeness (QED) is 0.890. The summed E-state index contributed by atoms with van der Waals surface area (Å²) in [6.45, 7) is 3.85. The van der Waals surface area contributed by atoms with Crippen molar-refractivity contribution < 1.29 is 9.53 Å². The summed E-state index contributed by atoms with van der Waals surface area (Å²) in [6.07, 6.45) is 0. The smallest absolute Gasteiger partial charge is 0.262 e. The number of benzene rings is 2. The Morgan fingerprint density at radius 1 is 1.10 bits per heavy atom. The van der Waals surface area contributed by atoms with Gasteiger partial charge in [-0.15, -0.1) is 0 Å². The number of rotatable bonds is 4. The third kappa shape index (κ3) is 4.38. The molecule has 0 saturated carbocycles. The van der Waals surface area contributed by atoms with Crippen molar-refractivity contribution in [2.24, 2.45) is 0 Å². The minimum atomic E-state index is -0.255. The van der Waals surface area contributed by atoms with Gasteiger partial charge in [-0.3, -0.25) is 4.79 Å². The molecule has 0 bridgehead atoms. The van der Waals surface area contributed by atoms with Crippen LogP contribution < -0.4 is 10.1 Å². The molecule has 110 valence electrons. The minimum absolute atomic E-state index is 0.0649. The molecular formula is C16H15Cl2NO2. The van der Waals surface area contributed by atoms with E-state index in [1.54, 1.807) is 18.2 Å². The van der Waals surface area contributed by atoms with Gasteiger partial charge >= 0.3 is 0 Å². The first kappa shape index (κ1) is 15.7. The van der Waals surface area contributed by atoms with Gasteiger partial charge in [0, 0.05) is 5.69 Å². The van der Waals surface area contributed by atoms with Crippen LogP contribution in [0.25, 0.3) is 0 Å². The lowest BCUT2D eigenvalue weighted by molar-refractivity contribution is -0.118. The van der Waals surface area contributed by atoms with Crippen LogP contribution in [0.3, 0.4) is 0 Å². The van der Waals surface area contributed by atoms with Crippen molar-refractivity contribution in [2.75, 3.05) is 11.9 Å². The van der Waals surface area contributed by atoms with E-state index in [1.165, 1.54) is 0 Å². The first-order valence-electron chi connectivity index (χ1n) is 6.40. The number of hydrogen-bond acceptors (Lipinski definition) is 2. The Kier molecular flexibility index (Phi) is 5.10. The maximum atomic E-state index is 11.9. The Morgan fingerprint density at radius 2 is 1.86 bits per heavy atom.